The molecule has 1 aliphatic heterocycles. The molecule has 0 radical (unpaired) electrons. The van der Waals surface area contributed by atoms with E-state index in [1.165, 1.54) is 0 Å². The van der Waals surface area contributed by atoms with Gasteiger partial charge in [-0.05, 0) is 49.9 Å². The number of hydrogen-bond acceptors (Lipinski definition) is 4. The average molecular weight is 483 g/mol. The number of benzene rings is 2. The van der Waals surface area contributed by atoms with Crippen LogP contribution in [0.4, 0.5) is 4.79 Å². The highest BCUT2D eigenvalue weighted by Gasteiger charge is 2.36. The van der Waals surface area contributed by atoms with Gasteiger partial charge in [0.1, 0.15) is 0 Å². The molecule has 3 aromatic rings. The normalized spacial score (nSPS) is 15.7. The van der Waals surface area contributed by atoms with Gasteiger partial charge < -0.3 is 4.57 Å². The van der Waals surface area contributed by atoms with Crippen LogP contribution in [0.5, 0.6) is 0 Å². The number of rotatable bonds is 5. The Labute approximate surface area is 186 Å². The highest BCUT2D eigenvalue weighted by molar-refractivity contribution is 9.10. The quantitative estimate of drug-likeness (QED) is 0.335. The predicted octanol–water partition coefficient (Wildman–Crippen LogP) is 5.90. The molecule has 0 bridgehead atoms. The zero-order valence-electron chi connectivity index (χ0n) is 16.5. The maximum absolute atomic E-state index is 12.9. The van der Waals surface area contributed by atoms with Gasteiger partial charge in [0, 0.05) is 38.7 Å². The SMILES string of the molecule is CC(C)n1cc(/C=C2/SC(=O)N(CC(=O)c3ccc(Br)cc3)C2=O)c2ccccc21. The summed E-state index contributed by atoms with van der Waals surface area (Å²) in [6.45, 7) is 3.92. The van der Waals surface area contributed by atoms with E-state index in [9.17, 15) is 14.4 Å². The number of imide groups is 1. The van der Waals surface area contributed by atoms with Crippen molar-refractivity contribution in [1.29, 1.82) is 0 Å². The van der Waals surface area contributed by atoms with Gasteiger partial charge in [0.2, 0.25) is 0 Å². The maximum Gasteiger partial charge on any atom is 0.293 e. The number of para-hydroxylation sites is 1. The molecule has 1 aliphatic rings. The number of aromatic nitrogens is 1. The van der Waals surface area contributed by atoms with Crippen LogP contribution in [0.2, 0.25) is 0 Å². The molecule has 0 aliphatic carbocycles. The van der Waals surface area contributed by atoms with Gasteiger partial charge in [0.15, 0.2) is 5.78 Å². The molecule has 7 heteroatoms. The molecule has 1 aromatic heterocycles. The third-order valence-electron chi connectivity index (χ3n) is 4.96. The lowest BCUT2D eigenvalue weighted by atomic mass is 10.1. The standard InChI is InChI=1S/C23H19BrN2O3S/c1-14(2)25-12-16(18-5-3-4-6-19(18)25)11-21-22(28)26(23(29)30-21)13-20(27)15-7-9-17(24)10-8-15/h3-12,14H,13H2,1-2H3/b21-11+. The van der Waals surface area contributed by atoms with Gasteiger partial charge in [-0.2, -0.15) is 0 Å². The minimum Gasteiger partial charge on any atom is -0.344 e. The number of ketones is 1. The van der Waals surface area contributed by atoms with Crippen molar-refractivity contribution in [3.8, 4) is 0 Å². The molecule has 152 valence electrons. The number of thioether (sulfide) groups is 1. The lowest BCUT2D eigenvalue weighted by Crippen LogP contribution is -2.33. The minimum atomic E-state index is -0.433. The molecule has 0 saturated carbocycles. The summed E-state index contributed by atoms with van der Waals surface area (Å²) in [6, 6.07) is 15.1. The summed E-state index contributed by atoms with van der Waals surface area (Å²) >= 11 is 4.20. The van der Waals surface area contributed by atoms with Gasteiger partial charge >= 0.3 is 0 Å². The Bertz CT molecular complexity index is 1190. The number of nitrogens with zero attached hydrogens (tertiary/aromatic N) is 2. The van der Waals surface area contributed by atoms with Crippen molar-refractivity contribution in [1.82, 2.24) is 9.47 Å². The number of fused-ring (bicyclic) bond motifs is 1. The van der Waals surface area contributed by atoms with Gasteiger partial charge in [-0.25, -0.2) is 0 Å². The molecule has 2 aromatic carbocycles. The Hall–Kier alpha value is -2.64. The van der Waals surface area contributed by atoms with Crippen molar-refractivity contribution in [3.63, 3.8) is 0 Å². The molecule has 1 saturated heterocycles. The second-order valence-corrected chi connectivity index (χ2v) is 9.21. The van der Waals surface area contributed by atoms with Crippen LogP contribution in [-0.4, -0.2) is 32.9 Å². The van der Waals surface area contributed by atoms with Crippen LogP contribution < -0.4 is 0 Å². The summed E-state index contributed by atoms with van der Waals surface area (Å²) in [5.41, 5.74) is 2.41. The molecule has 2 amide bonds. The van der Waals surface area contributed by atoms with E-state index in [4.69, 9.17) is 0 Å². The van der Waals surface area contributed by atoms with Crippen LogP contribution in [0.15, 0.2) is 64.1 Å². The van der Waals surface area contributed by atoms with E-state index in [0.29, 0.717) is 10.5 Å². The summed E-state index contributed by atoms with van der Waals surface area (Å²) < 4.78 is 3.00. The van der Waals surface area contributed by atoms with E-state index < -0.39 is 11.1 Å². The van der Waals surface area contributed by atoms with Crippen LogP contribution in [0.1, 0.15) is 35.8 Å². The molecule has 0 N–H and O–H groups in total. The van der Waals surface area contributed by atoms with Crippen molar-refractivity contribution >= 4 is 61.6 Å². The van der Waals surface area contributed by atoms with Crippen molar-refractivity contribution in [2.24, 2.45) is 0 Å². The van der Waals surface area contributed by atoms with E-state index >= 15 is 0 Å². The fourth-order valence-electron chi connectivity index (χ4n) is 3.42. The summed E-state index contributed by atoms with van der Waals surface area (Å²) in [6.07, 6.45) is 3.74. The third kappa shape index (κ3) is 3.87. The number of carbonyl (C=O) groups excluding carboxylic acids is 3. The Morgan fingerprint density at radius 3 is 2.50 bits per heavy atom. The molecule has 5 nitrogen and oxygen atoms in total. The van der Waals surface area contributed by atoms with Crippen LogP contribution in [0, 0.1) is 0 Å². The highest BCUT2D eigenvalue weighted by atomic mass is 79.9. The molecule has 0 unspecified atom stereocenters. The minimum absolute atomic E-state index is 0.260. The predicted molar refractivity (Wildman–Crippen MR) is 123 cm³/mol. The van der Waals surface area contributed by atoms with Gasteiger partial charge in [-0.15, -0.1) is 0 Å². The second kappa shape index (κ2) is 8.24. The summed E-state index contributed by atoms with van der Waals surface area (Å²) in [4.78, 5) is 39.2. The number of amides is 2. The average Bonchev–Trinajstić information content (AvgIpc) is 3.22. The zero-order valence-corrected chi connectivity index (χ0v) is 18.9. The van der Waals surface area contributed by atoms with Crippen molar-refractivity contribution in [3.05, 3.63) is 75.2 Å². The van der Waals surface area contributed by atoms with E-state index in [0.717, 1.165) is 37.6 Å². The first kappa shape index (κ1) is 20.6. The Kier molecular flexibility index (Phi) is 5.66. The topological polar surface area (TPSA) is 59.4 Å². The Morgan fingerprint density at radius 1 is 1.10 bits per heavy atom. The van der Waals surface area contributed by atoms with Crippen LogP contribution in [0.3, 0.4) is 0 Å². The first-order chi connectivity index (χ1) is 14.3. The largest absolute Gasteiger partial charge is 0.344 e. The molecule has 0 atom stereocenters. The van der Waals surface area contributed by atoms with Crippen molar-refractivity contribution < 1.29 is 14.4 Å². The van der Waals surface area contributed by atoms with Gasteiger partial charge in [0.25, 0.3) is 11.1 Å². The Balaban J connectivity index is 1.61. The van der Waals surface area contributed by atoms with Crippen molar-refractivity contribution in [2.45, 2.75) is 19.9 Å². The summed E-state index contributed by atoms with van der Waals surface area (Å²) in [5.74, 6) is -0.709. The van der Waals surface area contributed by atoms with E-state index in [2.05, 4.69) is 34.3 Å². The first-order valence-electron chi connectivity index (χ1n) is 9.49. The fraction of sp³-hybridized carbons (Fsp3) is 0.174. The third-order valence-corrected chi connectivity index (χ3v) is 6.39. The maximum atomic E-state index is 12.9. The van der Waals surface area contributed by atoms with E-state index in [1.807, 2.05) is 30.5 Å². The number of halogens is 1. The number of carbonyl (C=O) groups is 3. The molecule has 1 fully saturated rings. The van der Waals surface area contributed by atoms with E-state index in [-0.39, 0.29) is 18.4 Å². The smallest absolute Gasteiger partial charge is 0.293 e. The monoisotopic (exact) mass is 482 g/mol. The van der Waals surface area contributed by atoms with Crippen molar-refractivity contribution in [2.75, 3.05) is 6.54 Å². The fourth-order valence-corrected chi connectivity index (χ4v) is 4.52. The second-order valence-electron chi connectivity index (χ2n) is 7.30. The number of Topliss-reactive ketones (excluding diaryl/α,β-unsaturated/α-hetero) is 1. The summed E-state index contributed by atoms with van der Waals surface area (Å²) in [7, 11) is 0. The number of hydrogen-bond donors (Lipinski definition) is 0. The molecule has 2 heterocycles. The molecular weight excluding hydrogens is 464 g/mol. The molecule has 30 heavy (non-hydrogen) atoms. The van der Waals surface area contributed by atoms with Gasteiger partial charge in [-0.3, -0.25) is 19.3 Å². The molecule has 4 rings (SSSR count). The van der Waals surface area contributed by atoms with Crippen LogP contribution in [-0.2, 0) is 4.79 Å². The molecular formula is C23H19BrN2O3S. The summed E-state index contributed by atoms with van der Waals surface area (Å²) in [5, 5.41) is 0.591. The first-order valence-corrected chi connectivity index (χ1v) is 11.1. The van der Waals surface area contributed by atoms with E-state index in [1.54, 1.807) is 30.3 Å². The van der Waals surface area contributed by atoms with Gasteiger partial charge in [-0.1, -0.05) is 46.3 Å². The van der Waals surface area contributed by atoms with Crippen LogP contribution in [0.25, 0.3) is 17.0 Å². The van der Waals surface area contributed by atoms with Gasteiger partial charge in [0.05, 0.1) is 11.4 Å². The highest BCUT2D eigenvalue weighted by Crippen LogP contribution is 2.34. The van der Waals surface area contributed by atoms with Crippen LogP contribution >= 0.6 is 27.7 Å². The lowest BCUT2D eigenvalue weighted by molar-refractivity contribution is -0.122. The zero-order chi connectivity index (χ0) is 21.4. The molecule has 0 spiro atoms. The Morgan fingerprint density at radius 2 is 1.80 bits per heavy atom. The lowest BCUT2D eigenvalue weighted by Gasteiger charge is -2.11.